The van der Waals surface area contributed by atoms with Crippen LogP contribution in [0, 0.1) is 5.41 Å². The predicted molar refractivity (Wildman–Crippen MR) is 82.5 cm³/mol. The van der Waals surface area contributed by atoms with Crippen molar-refractivity contribution in [3.8, 4) is 5.75 Å². The molecule has 0 radical (unpaired) electrons. The zero-order valence-corrected chi connectivity index (χ0v) is 13.4. The molecule has 1 aromatic rings. The summed E-state index contributed by atoms with van der Waals surface area (Å²) in [6.45, 7) is 7.43. The Balaban J connectivity index is 2.46. The van der Waals surface area contributed by atoms with Crippen LogP contribution in [0.25, 0.3) is 0 Å². The molecule has 6 heteroatoms. The number of carbonyl (C=O) groups is 3. The number of hydrogen-bond donors (Lipinski definition) is 2. The van der Waals surface area contributed by atoms with Gasteiger partial charge >= 0.3 is 5.97 Å². The molecule has 0 aliphatic carbocycles. The summed E-state index contributed by atoms with van der Waals surface area (Å²) in [6, 6.07) is 6.34. The van der Waals surface area contributed by atoms with E-state index in [-0.39, 0.29) is 11.8 Å². The van der Waals surface area contributed by atoms with Crippen molar-refractivity contribution in [2.24, 2.45) is 5.41 Å². The number of benzene rings is 1. The Hall–Kier alpha value is -2.37. The highest BCUT2D eigenvalue weighted by Crippen LogP contribution is 2.13. The van der Waals surface area contributed by atoms with Crippen LogP contribution in [0.4, 0.5) is 0 Å². The van der Waals surface area contributed by atoms with Gasteiger partial charge in [-0.3, -0.25) is 14.4 Å². The zero-order valence-electron chi connectivity index (χ0n) is 13.4. The van der Waals surface area contributed by atoms with E-state index in [4.69, 9.17) is 4.74 Å². The van der Waals surface area contributed by atoms with E-state index >= 15 is 0 Å². The molecule has 1 rings (SSSR count). The average Bonchev–Trinajstić information content (AvgIpc) is 2.41. The average molecular weight is 306 g/mol. The van der Waals surface area contributed by atoms with Crippen LogP contribution in [-0.2, 0) is 9.59 Å². The lowest BCUT2D eigenvalue weighted by atomic mass is 9.96. The largest absolute Gasteiger partial charge is 0.427 e. The Bertz CT molecular complexity index is 562. The fourth-order valence-corrected chi connectivity index (χ4v) is 1.59. The van der Waals surface area contributed by atoms with Crippen molar-refractivity contribution in [3.63, 3.8) is 0 Å². The number of rotatable bonds is 5. The highest BCUT2D eigenvalue weighted by atomic mass is 16.5. The molecule has 0 unspecified atom stereocenters. The zero-order chi connectivity index (χ0) is 16.8. The first kappa shape index (κ1) is 17.7. The minimum Gasteiger partial charge on any atom is -0.427 e. The van der Waals surface area contributed by atoms with E-state index in [1.165, 1.54) is 13.0 Å². The van der Waals surface area contributed by atoms with Gasteiger partial charge in [-0.2, -0.15) is 0 Å². The maximum absolute atomic E-state index is 12.0. The Labute approximate surface area is 130 Å². The van der Waals surface area contributed by atoms with Crippen molar-refractivity contribution in [2.75, 3.05) is 13.1 Å². The van der Waals surface area contributed by atoms with Crippen LogP contribution in [0.1, 0.15) is 38.1 Å². The summed E-state index contributed by atoms with van der Waals surface area (Å²) in [5.41, 5.74) is -0.0663. The van der Waals surface area contributed by atoms with Gasteiger partial charge in [-0.15, -0.1) is 0 Å². The molecule has 0 saturated heterocycles. The molecule has 6 nitrogen and oxygen atoms in total. The van der Waals surface area contributed by atoms with Gasteiger partial charge < -0.3 is 15.4 Å². The summed E-state index contributed by atoms with van der Waals surface area (Å²) in [7, 11) is 0. The van der Waals surface area contributed by atoms with Gasteiger partial charge in [0, 0.05) is 31.0 Å². The van der Waals surface area contributed by atoms with Crippen molar-refractivity contribution in [1.29, 1.82) is 0 Å². The van der Waals surface area contributed by atoms with Crippen LogP contribution < -0.4 is 15.4 Å². The number of hydrogen-bond acceptors (Lipinski definition) is 4. The van der Waals surface area contributed by atoms with E-state index in [1.54, 1.807) is 18.2 Å². The normalized spacial score (nSPS) is 10.7. The van der Waals surface area contributed by atoms with Crippen LogP contribution in [-0.4, -0.2) is 30.9 Å². The Morgan fingerprint density at radius 3 is 2.32 bits per heavy atom. The number of amides is 2. The van der Waals surface area contributed by atoms with E-state index in [0.29, 0.717) is 24.4 Å². The number of esters is 1. The minimum atomic E-state index is -0.456. The minimum absolute atomic E-state index is 0.0707. The summed E-state index contributed by atoms with van der Waals surface area (Å²) in [5.74, 6) is -0.485. The third-order valence-corrected chi connectivity index (χ3v) is 2.74. The standard InChI is InChI=1S/C16H22N2O4/c1-11(19)22-13-7-5-6-12(10-13)14(20)17-8-9-18-15(21)16(2,3)4/h5-7,10H,8-9H2,1-4H3,(H,17,20)(H,18,21). The van der Waals surface area contributed by atoms with Gasteiger partial charge in [-0.05, 0) is 18.2 Å². The van der Waals surface area contributed by atoms with E-state index in [0.717, 1.165) is 0 Å². The van der Waals surface area contributed by atoms with Gasteiger partial charge in [0.25, 0.3) is 5.91 Å². The molecule has 120 valence electrons. The molecule has 0 heterocycles. The van der Waals surface area contributed by atoms with E-state index < -0.39 is 11.4 Å². The number of carbonyl (C=O) groups excluding carboxylic acids is 3. The molecule has 0 aliphatic rings. The molecule has 1 aromatic carbocycles. The monoisotopic (exact) mass is 306 g/mol. The molecule has 0 atom stereocenters. The second kappa shape index (κ2) is 7.59. The van der Waals surface area contributed by atoms with E-state index in [1.807, 2.05) is 20.8 Å². The molecule has 2 N–H and O–H groups in total. The fourth-order valence-electron chi connectivity index (χ4n) is 1.59. The SMILES string of the molecule is CC(=O)Oc1cccc(C(=O)NCCNC(=O)C(C)(C)C)c1. The third-order valence-electron chi connectivity index (χ3n) is 2.74. The van der Waals surface area contributed by atoms with Gasteiger partial charge in [0.2, 0.25) is 5.91 Å². The highest BCUT2D eigenvalue weighted by molar-refractivity contribution is 5.94. The Morgan fingerprint density at radius 1 is 1.09 bits per heavy atom. The van der Waals surface area contributed by atoms with Crippen molar-refractivity contribution in [3.05, 3.63) is 29.8 Å². The quantitative estimate of drug-likeness (QED) is 0.490. The molecule has 2 amide bonds. The molecule has 0 spiro atoms. The van der Waals surface area contributed by atoms with Crippen molar-refractivity contribution < 1.29 is 19.1 Å². The van der Waals surface area contributed by atoms with Gasteiger partial charge in [0.05, 0.1) is 0 Å². The fraction of sp³-hybridized carbons (Fsp3) is 0.438. The smallest absolute Gasteiger partial charge is 0.308 e. The molecular weight excluding hydrogens is 284 g/mol. The second-order valence-corrected chi connectivity index (χ2v) is 5.88. The molecule has 22 heavy (non-hydrogen) atoms. The van der Waals surface area contributed by atoms with Crippen molar-refractivity contribution in [1.82, 2.24) is 10.6 Å². The lowest BCUT2D eigenvalue weighted by Gasteiger charge is -2.17. The van der Waals surface area contributed by atoms with Crippen LogP contribution in [0.3, 0.4) is 0 Å². The lowest BCUT2D eigenvalue weighted by molar-refractivity contribution is -0.132. The van der Waals surface area contributed by atoms with Crippen LogP contribution in [0.15, 0.2) is 24.3 Å². The Morgan fingerprint density at radius 2 is 1.73 bits per heavy atom. The summed E-state index contributed by atoms with van der Waals surface area (Å²) in [5, 5.41) is 5.44. The number of ether oxygens (including phenoxy) is 1. The lowest BCUT2D eigenvalue weighted by Crippen LogP contribution is -2.39. The Kier molecular flexibility index (Phi) is 6.10. The molecule has 0 bridgehead atoms. The molecule has 0 fully saturated rings. The van der Waals surface area contributed by atoms with Gasteiger partial charge in [-0.25, -0.2) is 0 Å². The second-order valence-electron chi connectivity index (χ2n) is 5.88. The summed E-state index contributed by atoms with van der Waals surface area (Å²) < 4.78 is 4.92. The van der Waals surface area contributed by atoms with Crippen molar-refractivity contribution >= 4 is 17.8 Å². The molecular formula is C16H22N2O4. The summed E-state index contributed by atoms with van der Waals surface area (Å²) >= 11 is 0. The topological polar surface area (TPSA) is 84.5 Å². The highest BCUT2D eigenvalue weighted by Gasteiger charge is 2.20. The van der Waals surface area contributed by atoms with Crippen LogP contribution in [0.5, 0.6) is 5.75 Å². The summed E-state index contributed by atoms with van der Waals surface area (Å²) in [6.07, 6.45) is 0. The molecule has 0 aliphatic heterocycles. The van der Waals surface area contributed by atoms with Gasteiger partial charge in [0.15, 0.2) is 0 Å². The van der Waals surface area contributed by atoms with Gasteiger partial charge in [0.1, 0.15) is 5.75 Å². The summed E-state index contributed by atoms with van der Waals surface area (Å²) in [4.78, 5) is 34.5. The molecule has 0 aromatic heterocycles. The van der Waals surface area contributed by atoms with Gasteiger partial charge in [-0.1, -0.05) is 26.8 Å². The van der Waals surface area contributed by atoms with Crippen molar-refractivity contribution in [2.45, 2.75) is 27.7 Å². The molecule has 0 saturated carbocycles. The van der Waals surface area contributed by atoms with Crippen LogP contribution in [0.2, 0.25) is 0 Å². The third kappa shape index (κ3) is 5.95. The first-order valence-corrected chi connectivity index (χ1v) is 7.05. The first-order chi connectivity index (χ1) is 10.2. The maximum atomic E-state index is 12.0. The van der Waals surface area contributed by atoms with E-state index in [2.05, 4.69) is 10.6 Å². The predicted octanol–water partition coefficient (Wildman–Crippen LogP) is 1.50. The van der Waals surface area contributed by atoms with E-state index in [9.17, 15) is 14.4 Å². The van der Waals surface area contributed by atoms with Crippen LogP contribution >= 0.6 is 0 Å². The maximum Gasteiger partial charge on any atom is 0.308 e. The first-order valence-electron chi connectivity index (χ1n) is 7.05. The number of nitrogens with one attached hydrogen (secondary N) is 2.